The van der Waals surface area contributed by atoms with Crippen LogP contribution in [0.5, 0.6) is 0 Å². The molecular formula is C13H17N3S. The van der Waals surface area contributed by atoms with E-state index in [1.54, 1.807) is 11.3 Å². The van der Waals surface area contributed by atoms with Gasteiger partial charge in [0.2, 0.25) is 0 Å². The molecule has 17 heavy (non-hydrogen) atoms. The Hall–Kier alpha value is -1.55. The van der Waals surface area contributed by atoms with E-state index in [-0.39, 0.29) is 0 Å². The van der Waals surface area contributed by atoms with Crippen molar-refractivity contribution in [2.24, 2.45) is 0 Å². The maximum Gasteiger partial charge on any atom is 0.0794 e. The van der Waals surface area contributed by atoms with Gasteiger partial charge in [-0.1, -0.05) is 0 Å². The minimum absolute atomic E-state index is 0.811. The lowest BCUT2D eigenvalue weighted by Crippen LogP contribution is -2.07. The standard InChI is InChI=1S/C13H17N3S/c1-9-5-12(14)13(6-10(9)2)15-4-3-11-7-17-8-16-11/h5-8,15H,3-4,14H2,1-2H3. The molecule has 0 spiro atoms. The molecule has 0 atom stereocenters. The molecule has 3 N–H and O–H groups in total. The van der Waals surface area contributed by atoms with E-state index >= 15 is 0 Å². The van der Waals surface area contributed by atoms with E-state index in [1.807, 2.05) is 11.6 Å². The summed E-state index contributed by atoms with van der Waals surface area (Å²) in [5.74, 6) is 0. The van der Waals surface area contributed by atoms with Crippen LogP contribution in [0.3, 0.4) is 0 Å². The van der Waals surface area contributed by atoms with Gasteiger partial charge < -0.3 is 11.1 Å². The third-order valence-electron chi connectivity index (χ3n) is 2.85. The first-order chi connectivity index (χ1) is 8.16. The molecule has 1 heterocycles. The fraction of sp³-hybridized carbons (Fsp3) is 0.308. The number of aryl methyl sites for hydroxylation is 2. The summed E-state index contributed by atoms with van der Waals surface area (Å²) in [5.41, 5.74) is 13.3. The van der Waals surface area contributed by atoms with Crippen LogP contribution < -0.4 is 11.1 Å². The molecule has 0 fully saturated rings. The Morgan fingerprint density at radius 1 is 1.29 bits per heavy atom. The normalized spacial score (nSPS) is 10.5. The molecule has 0 aliphatic rings. The van der Waals surface area contributed by atoms with E-state index in [0.29, 0.717) is 0 Å². The van der Waals surface area contributed by atoms with E-state index < -0.39 is 0 Å². The summed E-state index contributed by atoms with van der Waals surface area (Å²) < 4.78 is 0. The number of nitrogens with zero attached hydrogens (tertiary/aromatic N) is 1. The molecule has 2 rings (SSSR count). The Morgan fingerprint density at radius 3 is 2.76 bits per heavy atom. The number of nitrogens with one attached hydrogen (secondary N) is 1. The van der Waals surface area contributed by atoms with Crippen molar-refractivity contribution >= 4 is 22.7 Å². The molecule has 0 aliphatic carbocycles. The number of benzene rings is 1. The molecular weight excluding hydrogens is 230 g/mol. The van der Waals surface area contributed by atoms with Crippen LogP contribution in [-0.4, -0.2) is 11.5 Å². The van der Waals surface area contributed by atoms with Gasteiger partial charge >= 0.3 is 0 Å². The minimum Gasteiger partial charge on any atom is -0.397 e. The third kappa shape index (κ3) is 2.97. The second kappa shape index (κ2) is 5.19. The van der Waals surface area contributed by atoms with Crippen molar-refractivity contribution in [3.05, 3.63) is 39.8 Å². The van der Waals surface area contributed by atoms with Crippen molar-refractivity contribution in [2.45, 2.75) is 20.3 Å². The molecule has 4 heteroatoms. The minimum atomic E-state index is 0.811. The van der Waals surface area contributed by atoms with Gasteiger partial charge in [0.15, 0.2) is 0 Å². The quantitative estimate of drug-likeness (QED) is 0.817. The van der Waals surface area contributed by atoms with E-state index in [4.69, 9.17) is 5.73 Å². The molecule has 3 nitrogen and oxygen atoms in total. The lowest BCUT2D eigenvalue weighted by molar-refractivity contribution is 0.977. The van der Waals surface area contributed by atoms with Crippen molar-refractivity contribution in [3.8, 4) is 0 Å². The van der Waals surface area contributed by atoms with Crippen LogP contribution in [0.4, 0.5) is 11.4 Å². The first kappa shape index (κ1) is 11.9. The average Bonchev–Trinajstić information content (AvgIpc) is 2.78. The Kier molecular flexibility index (Phi) is 3.64. The van der Waals surface area contributed by atoms with Crippen LogP contribution >= 0.6 is 11.3 Å². The zero-order chi connectivity index (χ0) is 12.3. The van der Waals surface area contributed by atoms with Gasteiger partial charge in [0.05, 0.1) is 22.6 Å². The van der Waals surface area contributed by atoms with E-state index in [2.05, 4.69) is 35.6 Å². The summed E-state index contributed by atoms with van der Waals surface area (Å²) in [6.45, 7) is 5.03. The van der Waals surface area contributed by atoms with Gasteiger partial charge in [-0.05, 0) is 37.1 Å². The van der Waals surface area contributed by atoms with E-state index in [1.165, 1.54) is 11.1 Å². The molecule has 0 saturated carbocycles. The number of nitrogens with two attached hydrogens (primary N) is 1. The largest absolute Gasteiger partial charge is 0.397 e. The lowest BCUT2D eigenvalue weighted by Gasteiger charge is -2.11. The van der Waals surface area contributed by atoms with Crippen molar-refractivity contribution in [1.82, 2.24) is 4.98 Å². The van der Waals surface area contributed by atoms with E-state index in [0.717, 1.165) is 30.0 Å². The zero-order valence-electron chi connectivity index (χ0n) is 10.2. The molecule has 2 aromatic rings. The average molecular weight is 247 g/mol. The summed E-state index contributed by atoms with van der Waals surface area (Å²) >= 11 is 1.63. The number of anilines is 2. The van der Waals surface area contributed by atoms with E-state index in [9.17, 15) is 0 Å². The highest BCUT2D eigenvalue weighted by molar-refractivity contribution is 7.07. The number of rotatable bonds is 4. The molecule has 90 valence electrons. The Morgan fingerprint density at radius 2 is 2.06 bits per heavy atom. The van der Waals surface area contributed by atoms with Crippen molar-refractivity contribution < 1.29 is 0 Å². The summed E-state index contributed by atoms with van der Waals surface area (Å²) in [6.07, 6.45) is 0.926. The highest BCUT2D eigenvalue weighted by Gasteiger charge is 2.02. The summed E-state index contributed by atoms with van der Waals surface area (Å²) in [6, 6.07) is 4.12. The maximum absolute atomic E-state index is 5.97. The number of nitrogen functional groups attached to an aromatic ring is 1. The first-order valence-electron chi connectivity index (χ1n) is 5.64. The molecule has 1 aromatic heterocycles. The van der Waals surface area contributed by atoms with Gasteiger partial charge in [-0.25, -0.2) is 4.98 Å². The van der Waals surface area contributed by atoms with Crippen LogP contribution in [0.15, 0.2) is 23.0 Å². The summed E-state index contributed by atoms with van der Waals surface area (Å²) in [7, 11) is 0. The van der Waals surface area contributed by atoms with Crippen molar-refractivity contribution in [2.75, 3.05) is 17.6 Å². The summed E-state index contributed by atoms with van der Waals surface area (Å²) in [5, 5.41) is 5.43. The molecule has 0 bridgehead atoms. The number of hydrogen-bond donors (Lipinski definition) is 2. The van der Waals surface area contributed by atoms with Gasteiger partial charge in [-0.2, -0.15) is 0 Å². The van der Waals surface area contributed by atoms with Crippen LogP contribution in [-0.2, 0) is 6.42 Å². The second-order valence-electron chi connectivity index (χ2n) is 4.18. The van der Waals surface area contributed by atoms with Gasteiger partial charge in [0.1, 0.15) is 0 Å². The van der Waals surface area contributed by atoms with Gasteiger partial charge in [-0.3, -0.25) is 0 Å². The molecule has 0 radical (unpaired) electrons. The van der Waals surface area contributed by atoms with Gasteiger partial charge in [0.25, 0.3) is 0 Å². The maximum atomic E-state index is 5.97. The van der Waals surface area contributed by atoms with Crippen molar-refractivity contribution in [1.29, 1.82) is 0 Å². The lowest BCUT2D eigenvalue weighted by atomic mass is 10.1. The van der Waals surface area contributed by atoms with Crippen LogP contribution in [0.2, 0.25) is 0 Å². The predicted octanol–water partition coefficient (Wildman–Crippen LogP) is 3.00. The van der Waals surface area contributed by atoms with Crippen LogP contribution in [0, 0.1) is 13.8 Å². The highest BCUT2D eigenvalue weighted by atomic mass is 32.1. The van der Waals surface area contributed by atoms with Gasteiger partial charge in [0, 0.05) is 18.3 Å². The highest BCUT2D eigenvalue weighted by Crippen LogP contribution is 2.22. The molecule has 1 aromatic carbocycles. The molecule has 0 unspecified atom stereocenters. The van der Waals surface area contributed by atoms with Crippen LogP contribution in [0.25, 0.3) is 0 Å². The topological polar surface area (TPSA) is 50.9 Å². The second-order valence-corrected chi connectivity index (χ2v) is 4.90. The fourth-order valence-corrected chi connectivity index (χ4v) is 2.27. The number of thiazole rings is 1. The fourth-order valence-electron chi connectivity index (χ4n) is 1.68. The molecule has 0 amide bonds. The molecule has 0 saturated heterocycles. The summed E-state index contributed by atoms with van der Waals surface area (Å²) in [4.78, 5) is 4.25. The van der Waals surface area contributed by atoms with Gasteiger partial charge in [-0.15, -0.1) is 11.3 Å². The third-order valence-corrected chi connectivity index (χ3v) is 3.48. The Labute approximate surface area is 106 Å². The zero-order valence-corrected chi connectivity index (χ0v) is 11.0. The smallest absolute Gasteiger partial charge is 0.0794 e. The number of hydrogen-bond acceptors (Lipinski definition) is 4. The number of aromatic nitrogens is 1. The Balaban J connectivity index is 1.97. The monoisotopic (exact) mass is 247 g/mol. The molecule has 0 aliphatic heterocycles. The SMILES string of the molecule is Cc1cc(N)c(NCCc2cscn2)cc1C. The Bertz CT molecular complexity index is 492. The van der Waals surface area contributed by atoms with Crippen LogP contribution in [0.1, 0.15) is 16.8 Å². The van der Waals surface area contributed by atoms with Crippen molar-refractivity contribution in [3.63, 3.8) is 0 Å². The first-order valence-corrected chi connectivity index (χ1v) is 6.59. The predicted molar refractivity (Wildman–Crippen MR) is 74.6 cm³/mol.